The summed E-state index contributed by atoms with van der Waals surface area (Å²) in [6.45, 7) is 3.11. The first-order valence-corrected chi connectivity index (χ1v) is 9.38. The molecule has 0 aliphatic carbocycles. The number of carboxylic acids is 2. The molecule has 0 saturated heterocycles. The molecule has 2 aromatic heterocycles. The summed E-state index contributed by atoms with van der Waals surface area (Å²) < 4.78 is 7.15. The Labute approximate surface area is 181 Å². The normalized spacial score (nSPS) is 11.9. The highest BCUT2D eigenvalue weighted by molar-refractivity contribution is 6.45. The number of Topliss-reactive ketones (excluding diaryl/α,β-unsaturated/α-hetero) is 1. The summed E-state index contributed by atoms with van der Waals surface area (Å²) in [4.78, 5) is 62.1. The van der Waals surface area contributed by atoms with Gasteiger partial charge in [-0.3, -0.25) is 19.2 Å². The number of ether oxygens (including phenoxy) is 1. The van der Waals surface area contributed by atoms with Gasteiger partial charge in [-0.2, -0.15) is 0 Å². The molecule has 2 rings (SSSR count). The fraction of sp³-hybridized carbons (Fsp3) is 0.300. The first-order chi connectivity index (χ1) is 15.1. The van der Waals surface area contributed by atoms with Crippen LogP contribution in [0, 0.1) is 6.92 Å². The van der Waals surface area contributed by atoms with E-state index in [4.69, 9.17) is 20.7 Å². The van der Waals surface area contributed by atoms with E-state index in [1.165, 1.54) is 6.20 Å². The molecule has 1 atom stereocenters. The van der Waals surface area contributed by atoms with Crippen molar-refractivity contribution in [3.63, 3.8) is 0 Å². The van der Waals surface area contributed by atoms with Crippen molar-refractivity contribution in [2.24, 2.45) is 5.73 Å². The Morgan fingerprint density at radius 1 is 1.28 bits per heavy atom. The molecule has 0 spiro atoms. The molecule has 12 heteroatoms. The largest absolute Gasteiger partial charge is 0.481 e. The van der Waals surface area contributed by atoms with Gasteiger partial charge in [0, 0.05) is 18.4 Å². The molecule has 5 N–H and O–H groups in total. The number of nitrogens with two attached hydrogens (primary N) is 1. The van der Waals surface area contributed by atoms with E-state index in [0.29, 0.717) is 17.8 Å². The van der Waals surface area contributed by atoms with Gasteiger partial charge in [-0.15, -0.1) is 0 Å². The van der Waals surface area contributed by atoms with Crippen LogP contribution in [0.5, 0.6) is 5.88 Å². The lowest BCUT2D eigenvalue weighted by Crippen LogP contribution is -2.44. The van der Waals surface area contributed by atoms with Crippen molar-refractivity contribution in [3.05, 3.63) is 35.7 Å². The van der Waals surface area contributed by atoms with Crippen LogP contribution < -0.4 is 15.8 Å². The van der Waals surface area contributed by atoms with Gasteiger partial charge >= 0.3 is 11.9 Å². The van der Waals surface area contributed by atoms with Crippen LogP contribution >= 0.6 is 0 Å². The van der Waals surface area contributed by atoms with Gasteiger partial charge in [0.25, 0.3) is 17.6 Å². The number of hydrogen-bond donors (Lipinski definition) is 4. The maximum Gasteiger partial charge on any atom is 0.326 e. The Hall–Kier alpha value is -4.22. The molecule has 0 aromatic carbocycles. The summed E-state index contributed by atoms with van der Waals surface area (Å²) in [6, 6.07) is -0.0485. The van der Waals surface area contributed by atoms with Crippen LogP contribution in [0.2, 0.25) is 0 Å². The third kappa shape index (κ3) is 5.28. The Morgan fingerprint density at radius 3 is 2.53 bits per heavy atom. The molecule has 170 valence electrons. The summed E-state index contributed by atoms with van der Waals surface area (Å²) in [7, 11) is 0. The van der Waals surface area contributed by atoms with Crippen molar-refractivity contribution in [1.82, 2.24) is 14.9 Å². The number of pyridine rings is 1. The Bertz CT molecular complexity index is 1120. The molecule has 2 heterocycles. The molecule has 0 fully saturated rings. The summed E-state index contributed by atoms with van der Waals surface area (Å²) >= 11 is 0. The van der Waals surface area contributed by atoms with E-state index in [-0.39, 0.29) is 16.8 Å². The second-order valence-electron chi connectivity index (χ2n) is 6.69. The molecular weight excluding hydrogens is 424 g/mol. The van der Waals surface area contributed by atoms with E-state index in [0.717, 1.165) is 0 Å². The van der Waals surface area contributed by atoms with Crippen LogP contribution in [0.3, 0.4) is 0 Å². The molecule has 0 aliphatic rings. The highest BCUT2D eigenvalue weighted by atomic mass is 16.5. The zero-order valence-electron chi connectivity index (χ0n) is 17.3. The number of carbonyl (C=O) groups excluding carboxylic acids is 3. The van der Waals surface area contributed by atoms with Gasteiger partial charge in [-0.1, -0.05) is 12.2 Å². The molecule has 2 aromatic rings. The molecule has 2 amide bonds. The lowest BCUT2D eigenvalue weighted by Gasteiger charge is -2.13. The van der Waals surface area contributed by atoms with Crippen LogP contribution in [0.1, 0.15) is 29.4 Å². The van der Waals surface area contributed by atoms with E-state index in [2.05, 4.69) is 4.98 Å². The number of carboxylic acid groups (broad SMARTS) is 2. The lowest BCUT2D eigenvalue weighted by atomic mass is 10.1. The van der Waals surface area contributed by atoms with Gasteiger partial charge in [0.2, 0.25) is 5.88 Å². The van der Waals surface area contributed by atoms with Crippen molar-refractivity contribution in [2.75, 3.05) is 6.61 Å². The zero-order valence-corrected chi connectivity index (χ0v) is 17.3. The third-order valence-corrected chi connectivity index (χ3v) is 4.53. The van der Waals surface area contributed by atoms with E-state index in [1.54, 1.807) is 23.6 Å². The van der Waals surface area contributed by atoms with Gasteiger partial charge < -0.3 is 30.6 Å². The molecule has 0 radical (unpaired) electrons. The van der Waals surface area contributed by atoms with Crippen molar-refractivity contribution in [3.8, 4) is 5.88 Å². The van der Waals surface area contributed by atoms with Crippen LogP contribution in [-0.4, -0.2) is 61.9 Å². The number of ketones is 1. The number of carbonyl (C=O) groups is 5. The minimum absolute atomic E-state index is 0.0187. The van der Waals surface area contributed by atoms with Gasteiger partial charge in [-0.25, -0.2) is 9.78 Å². The number of nitrogens with one attached hydrogen (secondary N) is 1. The topological polar surface area (TPSA) is 191 Å². The third-order valence-electron chi connectivity index (χ3n) is 4.53. The number of hydrogen-bond acceptors (Lipinski definition) is 7. The van der Waals surface area contributed by atoms with Crippen molar-refractivity contribution in [1.29, 1.82) is 0 Å². The average molecular weight is 446 g/mol. The number of nitrogens with zero attached hydrogens (tertiary/aromatic N) is 2. The zero-order chi connectivity index (χ0) is 24.0. The summed E-state index contributed by atoms with van der Waals surface area (Å²) in [5.41, 5.74) is 6.12. The minimum atomic E-state index is -1.65. The maximum absolute atomic E-state index is 12.5. The number of fused-ring (bicyclic) bond motifs is 1. The van der Waals surface area contributed by atoms with Crippen molar-refractivity contribution in [2.45, 2.75) is 32.9 Å². The average Bonchev–Trinajstić information content (AvgIpc) is 3.00. The number of aromatic nitrogens is 2. The Balaban J connectivity index is 2.41. The number of amides is 2. The second kappa shape index (κ2) is 10.2. The second-order valence-corrected chi connectivity index (χ2v) is 6.69. The van der Waals surface area contributed by atoms with Gasteiger partial charge in [0.15, 0.2) is 6.61 Å². The summed E-state index contributed by atoms with van der Waals surface area (Å²) in [5, 5.41) is 20.0. The van der Waals surface area contributed by atoms with E-state index in [1.807, 2.05) is 18.3 Å². The van der Waals surface area contributed by atoms with E-state index >= 15 is 0 Å². The predicted octanol–water partition coefficient (Wildman–Crippen LogP) is 0.0117. The molecule has 32 heavy (non-hydrogen) atoms. The number of primary amides is 1. The highest BCUT2D eigenvalue weighted by Crippen LogP contribution is 2.32. The first kappa shape index (κ1) is 24.1. The van der Waals surface area contributed by atoms with E-state index in [9.17, 15) is 24.0 Å². The lowest BCUT2D eigenvalue weighted by molar-refractivity contribution is -0.147. The van der Waals surface area contributed by atoms with E-state index < -0.39 is 48.6 Å². The number of aliphatic carboxylic acids is 2. The first-order valence-electron chi connectivity index (χ1n) is 9.38. The fourth-order valence-electron chi connectivity index (χ4n) is 3.09. The highest BCUT2D eigenvalue weighted by Gasteiger charge is 2.27. The van der Waals surface area contributed by atoms with Crippen molar-refractivity contribution >= 4 is 40.4 Å². The monoisotopic (exact) mass is 446 g/mol. The fourth-order valence-corrected chi connectivity index (χ4v) is 3.09. The minimum Gasteiger partial charge on any atom is -0.481 e. The van der Waals surface area contributed by atoms with Crippen molar-refractivity contribution < 1.29 is 38.9 Å². The number of allylic oxidation sites excluding steroid dienone is 2. The molecule has 1 unspecified atom stereocenters. The quantitative estimate of drug-likeness (QED) is 0.209. The maximum atomic E-state index is 12.5. The molecule has 12 nitrogen and oxygen atoms in total. The Kier molecular flexibility index (Phi) is 7.66. The SMILES string of the molecule is C/C=C/Cn1c(C)c(C(=O)C(N)=O)c2c(OCC(=O)NC(CC(=O)O)C(=O)O)nccc21. The Morgan fingerprint density at radius 2 is 1.97 bits per heavy atom. The van der Waals surface area contributed by atoms with Crippen LogP contribution in [-0.2, 0) is 25.7 Å². The summed E-state index contributed by atoms with van der Waals surface area (Å²) in [5.74, 6) is -6.12. The molecule has 0 saturated carbocycles. The molecule has 0 bridgehead atoms. The predicted molar refractivity (Wildman–Crippen MR) is 110 cm³/mol. The van der Waals surface area contributed by atoms with Gasteiger partial charge in [-0.05, 0) is 19.9 Å². The van der Waals surface area contributed by atoms with Crippen LogP contribution in [0.4, 0.5) is 0 Å². The van der Waals surface area contributed by atoms with Crippen LogP contribution in [0.25, 0.3) is 10.9 Å². The standard InChI is InChI=1S/C20H22N4O8/c1-3-4-7-24-10(2)15(17(28)18(21)29)16-12(24)5-6-22-19(16)32-9-13(25)23-11(20(30)31)8-14(26)27/h3-6,11H,7-9H2,1-2H3,(H2,21,29)(H,23,25)(H,26,27)(H,30,31)/b4-3+. The van der Waals surface area contributed by atoms with Gasteiger partial charge in [0.1, 0.15) is 6.04 Å². The van der Waals surface area contributed by atoms with Gasteiger partial charge in [0.05, 0.1) is 22.9 Å². The number of rotatable bonds is 11. The summed E-state index contributed by atoms with van der Waals surface area (Å²) in [6.07, 6.45) is 4.19. The molecule has 0 aliphatic heterocycles. The molecular formula is C20H22N4O8. The van der Waals surface area contributed by atoms with Crippen LogP contribution in [0.15, 0.2) is 24.4 Å². The smallest absolute Gasteiger partial charge is 0.326 e.